The van der Waals surface area contributed by atoms with E-state index in [1.54, 1.807) is 6.92 Å². The minimum atomic E-state index is -0.122. The summed E-state index contributed by atoms with van der Waals surface area (Å²) in [5.41, 5.74) is 0.723. The highest BCUT2D eigenvalue weighted by molar-refractivity contribution is 7.14. The van der Waals surface area contributed by atoms with Crippen LogP contribution in [0.5, 0.6) is 0 Å². The molecule has 0 aliphatic carbocycles. The average Bonchev–Trinajstić information content (AvgIpc) is 2.47. The van der Waals surface area contributed by atoms with Crippen LogP contribution in [0.4, 0.5) is 0 Å². The Kier molecular flexibility index (Phi) is 3.31. The van der Waals surface area contributed by atoms with Crippen LogP contribution in [0.3, 0.4) is 0 Å². The number of aromatic nitrogens is 1. The van der Waals surface area contributed by atoms with Crippen LogP contribution < -0.4 is 0 Å². The van der Waals surface area contributed by atoms with Crippen molar-refractivity contribution in [3.8, 4) is 0 Å². The van der Waals surface area contributed by atoms with Crippen LogP contribution in [0.2, 0.25) is 0 Å². The molecule has 0 amide bonds. The SMILES string of the molecule is CC(=O)c1sc(C(C)(C)N(C)C)nc1C. The molecule has 0 saturated heterocycles. The number of nitrogens with zero attached hydrogens (tertiary/aromatic N) is 2. The molecule has 0 aliphatic heterocycles. The maximum Gasteiger partial charge on any atom is 0.171 e. The molecule has 4 heteroatoms. The molecule has 0 aromatic carbocycles. The number of Topliss-reactive ketones (excluding diaryl/α,β-unsaturated/α-hetero) is 1. The summed E-state index contributed by atoms with van der Waals surface area (Å²) < 4.78 is 0. The Hall–Kier alpha value is -0.740. The maximum atomic E-state index is 11.3. The fourth-order valence-electron chi connectivity index (χ4n) is 1.18. The van der Waals surface area contributed by atoms with Crippen molar-refractivity contribution >= 4 is 17.1 Å². The van der Waals surface area contributed by atoms with Crippen LogP contribution >= 0.6 is 11.3 Å². The van der Waals surface area contributed by atoms with Gasteiger partial charge in [-0.15, -0.1) is 11.3 Å². The number of aryl methyl sites for hydroxylation is 1. The fourth-order valence-corrected chi connectivity index (χ4v) is 2.32. The highest BCUT2D eigenvalue weighted by Crippen LogP contribution is 2.31. The summed E-state index contributed by atoms with van der Waals surface area (Å²) in [6.45, 7) is 7.69. The number of carbonyl (C=O) groups is 1. The zero-order chi connectivity index (χ0) is 11.8. The van der Waals surface area contributed by atoms with E-state index in [2.05, 4.69) is 23.7 Å². The first kappa shape index (κ1) is 12.3. The molecule has 0 spiro atoms. The second-order valence-electron chi connectivity index (χ2n) is 4.44. The third-order valence-corrected chi connectivity index (χ3v) is 4.33. The number of hydrogen-bond donors (Lipinski definition) is 0. The van der Waals surface area contributed by atoms with E-state index in [-0.39, 0.29) is 11.3 Å². The predicted molar refractivity (Wildman–Crippen MR) is 63.6 cm³/mol. The zero-order valence-corrected chi connectivity index (χ0v) is 11.0. The number of ketones is 1. The first-order chi connectivity index (χ1) is 6.76. The van der Waals surface area contributed by atoms with Gasteiger partial charge in [-0.05, 0) is 34.9 Å². The van der Waals surface area contributed by atoms with Crippen molar-refractivity contribution in [2.24, 2.45) is 0 Å². The smallest absolute Gasteiger partial charge is 0.171 e. The van der Waals surface area contributed by atoms with E-state index >= 15 is 0 Å². The lowest BCUT2D eigenvalue weighted by molar-refractivity contribution is 0.102. The molecular formula is C11H18N2OS. The molecule has 0 bridgehead atoms. The van der Waals surface area contributed by atoms with Gasteiger partial charge in [-0.25, -0.2) is 4.98 Å². The van der Waals surface area contributed by atoms with E-state index in [9.17, 15) is 4.79 Å². The summed E-state index contributed by atoms with van der Waals surface area (Å²) in [4.78, 5) is 18.7. The van der Waals surface area contributed by atoms with Gasteiger partial charge in [0, 0.05) is 6.92 Å². The summed E-state index contributed by atoms with van der Waals surface area (Å²) >= 11 is 1.50. The Morgan fingerprint density at radius 3 is 2.27 bits per heavy atom. The lowest BCUT2D eigenvalue weighted by Crippen LogP contribution is -2.35. The lowest BCUT2D eigenvalue weighted by atomic mass is 10.1. The van der Waals surface area contributed by atoms with E-state index in [0.717, 1.165) is 15.6 Å². The van der Waals surface area contributed by atoms with Crippen molar-refractivity contribution in [3.63, 3.8) is 0 Å². The largest absolute Gasteiger partial charge is 0.298 e. The summed E-state index contributed by atoms with van der Waals surface area (Å²) in [6.07, 6.45) is 0. The van der Waals surface area contributed by atoms with Crippen LogP contribution in [-0.4, -0.2) is 29.8 Å². The standard InChI is InChI=1S/C11H18N2OS/c1-7-9(8(2)14)15-10(12-7)11(3,4)13(5)6/h1-6H3. The Labute approximate surface area is 95.1 Å². The predicted octanol–water partition coefficient (Wildman–Crippen LogP) is 2.45. The van der Waals surface area contributed by atoms with Gasteiger partial charge >= 0.3 is 0 Å². The quantitative estimate of drug-likeness (QED) is 0.742. The lowest BCUT2D eigenvalue weighted by Gasteiger charge is -2.30. The zero-order valence-electron chi connectivity index (χ0n) is 10.2. The van der Waals surface area contributed by atoms with Crippen molar-refractivity contribution in [1.82, 2.24) is 9.88 Å². The molecule has 0 radical (unpaired) electrons. The Bertz CT molecular complexity index is 380. The van der Waals surface area contributed by atoms with Crippen molar-refractivity contribution in [2.45, 2.75) is 33.2 Å². The van der Waals surface area contributed by atoms with Gasteiger partial charge in [-0.2, -0.15) is 0 Å². The van der Waals surface area contributed by atoms with Gasteiger partial charge in [0.15, 0.2) is 5.78 Å². The van der Waals surface area contributed by atoms with Gasteiger partial charge in [-0.3, -0.25) is 9.69 Å². The molecule has 1 aromatic rings. The Balaban J connectivity index is 3.18. The highest BCUT2D eigenvalue weighted by atomic mass is 32.1. The van der Waals surface area contributed by atoms with Gasteiger partial charge in [-0.1, -0.05) is 0 Å². The number of carbonyl (C=O) groups excluding carboxylic acids is 1. The van der Waals surface area contributed by atoms with Crippen LogP contribution in [-0.2, 0) is 5.54 Å². The van der Waals surface area contributed by atoms with E-state index in [0.29, 0.717) is 0 Å². The Morgan fingerprint density at radius 2 is 1.93 bits per heavy atom. The van der Waals surface area contributed by atoms with Gasteiger partial charge in [0.1, 0.15) is 5.01 Å². The second kappa shape index (κ2) is 4.02. The third-order valence-electron chi connectivity index (χ3n) is 2.76. The maximum absolute atomic E-state index is 11.3. The first-order valence-electron chi connectivity index (χ1n) is 4.93. The first-order valence-corrected chi connectivity index (χ1v) is 5.74. The highest BCUT2D eigenvalue weighted by Gasteiger charge is 2.28. The minimum Gasteiger partial charge on any atom is -0.298 e. The monoisotopic (exact) mass is 226 g/mol. The molecule has 0 saturated carbocycles. The molecule has 0 unspecified atom stereocenters. The molecule has 0 N–H and O–H groups in total. The van der Waals surface area contributed by atoms with Gasteiger partial charge in [0.2, 0.25) is 0 Å². The normalized spacial score (nSPS) is 12.2. The number of hydrogen-bond acceptors (Lipinski definition) is 4. The molecule has 0 atom stereocenters. The molecule has 0 aliphatic rings. The van der Waals surface area contributed by atoms with Crippen LogP contribution in [0.1, 0.15) is 41.1 Å². The topological polar surface area (TPSA) is 33.2 Å². The third kappa shape index (κ3) is 2.26. The molecule has 3 nitrogen and oxygen atoms in total. The molecule has 0 fully saturated rings. The van der Waals surface area contributed by atoms with Crippen LogP contribution in [0.15, 0.2) is 0 Å². The molecule has 84 valence electrons. The number of thiazole rings is 1. The van der Waals surface area contributed by atoms with Crippen LogP contribution in [0, 0.1) is 6.92 Å². The average molecular weight is 226 g/mol. The van der Waals surface area contributed by atoms with E-state index in [1.807, 2.05) is 21.0 Å². The Morgan fingerprint density at radius 1 is 1.40 bits per heavy atom. The van der Waals surface area contributed by atoms with E-state index in [4.69, 9.17) is 0 Å². The fraction of sp³-hybridized carbons (Fsp3) is 0.636. The van der Waals surface area contributed by atoms with E-state index < -0.39 is 0 Å². The summed E-state index contributed by atoms with van der Waals surface area (Å²) in [5.74, 6) is 0.103. The molecule has 1 rings (SSSR count). The van der Waals surface area contributed by atoms with Crippen LogP contribution in [0.25, 0.3) is 0 Å². The minimum absolute atomic E-state index is 0.103. The van der Waals surface area contributed by atoms with Gasteiger partial charge in [0.05, 0.1) is 16.1 Å². The van der Waals surface area contributed by atoms with Crippen molar-refractivity contribution in [3.05, 3.63) is 15.6 Å². The van der Waals surface area contributed by atoms with Crippen molar-refractivity contribution in [2.75, 3.05) is 14.1 Å². The molecule has 1 heterocycles. The van der Waals surface area contributed by atoms with E-state index in [1.165, 1.54) is 11.3 Å². The summed E-state index contributed by atoms with van der Waals surface area (Å²) in [7, 11) is 4.04. The molecular weight excluding hydrogens is 208 g/mol. The second-order valence-corrected chi connectivity index (χ2v) is 5.44. The summed E-state index contributed by atoms with van der Waals surface area (Å²) in [5, 5.41) is 0.996. The molecule has 15 heavy (non-hydrogen) atoms. The number of rotatable bonds is 3. The van der Waals surface area contributed by atoms with Crippen molar-refractivity contribution in [1.29, 1.82) is 0 Å². The van der Waals surface area contributed by atoms with Gasteiger partial charge in [0.25, 0.3) is 0 Å². The molecule has 1 aromatic heterocycles. The van der Waals surface area contributed by atoms with Crippen molar-refractivity contribution < 1.29 is 4.79 Å². The van der Waals surface area contributed by atoms with Gasteiger partial charge < -0.3 is 0 Å². The summed E-state index contributed by atoms with van der Waals surface area (Å²) in [6, 6.07) is 0.